The number of aromatic nitrogens is 5. The Morgan fingerprint density at radius 1 is 0.895 bits per heavy atom. The zero-order chi connectivity index (χ0) is 26.5. The third kappa shape index (κ3) is 5.79. The van der Waals surface area contributed by atoms with Crippen molar-refractivity contribution in [2.45, 2.75) is 19.9 Å². The van der Waals surface area contributed by atoms with Gasteiger partial charge in [-0.2, -0.15) is 0 Å². The van der Waals surface area contributed by atoms with Crippen LogP contribution < -0.4 is 16.2 Å². The summed E-state index contributed by atoms with van der Waals surface area (Å²) in [7, 11) is 0. The molecule has 1 amide bonds. The van der Waals surface area contributed by atoms with Crippen LogP contribution in [0, 0.1) is 6.92 Å². The molecule has 0 fully saturated rings. The van der Waals surface area contributed by atoms with E-state index in [9.17, 15) is 9.59 Å². The van der Waals surface area contributed by atoms with Gasteiger partial charge in [0, 0.05) is 53.2 Å². The van der Waals surface area contributed by atoms with Crippen molar-refractivity contribution < 1.29 is 4.79 Å². The van der Waals surface area contributed by atoms with E-state index < -0.39 is 0 Å². The van der Waals surface area contributed by atoms with E-state index in [1.807, 2.05) is 56.3 Å². The molecule has 0 aliphatic heterocycles. The second-order valence-electron chi connectivity index (χ2n) is 8.75. The van der Waals surface area contributed by atoms with Gasteiger partial charge in [0.15, 0.2) is 5.82 Å². The van der Waals surface area contributed by atoms with E-state index in [-0.39, 0.29) is 23.2 Å². The van der Waals surface area contributed by atoms with Crippen molar-refractivity contribution in [3.63, 3.8) is 0 Å². The van der Waals surface area contributed by atoms with E-state index in [0.717, 1.165) is 22.5 Å². The third-order valence-electron chi connectivity index (χ3n) is 5.86. The second-order valence-corrected chi connectivity index (χ2v) is 8.75. The van der Waals surface area contributed by atoms with E-state index in [0.29, 0.717) is 22.9 Å². The van der Waals surface area contributed by atoms with Crippen LogP contribution in [0.25, 0.3) is 22.6 Å². The summed E-state index contributed by atoms with van der Waals surface area (Å²) in [5.41, 5.74) is 4.89. The van der Waals surface area contributed by atoms with Gasteiger partial charge in [-0.05, 0) is 43.7 Å². The quantitative estimate of drug-likeness (QED) is 0.290. The highest BCUT2D eigenvalue weighted by molar-refractivity contribution is 5.92. The molecule has 38 heavy (non-hydrogen) atoms. The van der Waals surface area contributed by atoms with Crippen molar-refractivity contribution in [3.8, 4) is 22.6 Å². The van der Waals surface area contributed by atoms with E-state index in [1.54, 1.807) is 42.9 Å². The minimum absolute atomic E-state index is 0.214. The fraction of sp³-hybridized carbons (Fsp3) is 0.103. The first kappa shape index (κ1) is 24.5. The summed E-state index contributed by atoms with van der Waals surface area (Å²) in [6.45, 7) is 3.76. The maximum absolute atomic E-state index is 12.8. The van der Waals surface area contributed by atoms with E-state index >= 15 is 0 Å². The van der Waals surface area contributed by atoms with Crippen LogP contribution in [0.1, 0.15) is 34.7 Å². The van der Waals surface area contributed by atoms with Gasteiger partial charge in [-0.3, -0.25) is 19.6 Å². The van der Waals surface area contributed by atoms with Crippen molar-refractivity contribution in [2.75, 3.05) is 5.32 Å². The molecule has 1 atom stereocenters. The Bertz CT molecular complexity index is 1620. The summed E-state index contributed by atoms with van der Waals surface area (Å²) in [5.74, 6) is 0.702. The predicted molar refractivity (Wildman–Crippen MR) is 146 cm³/mol. The number of nitrogens with one attached hydrogen (secondary N) is 3. The van der Waals surface area contributed by atoms with Crippen LogP contribution in [-0.2, 0) is 0 Å². The van der Waals surface area contributed by atoms with Crippen LogP contribution in [0.5, 0.6) is 0 Å². The van der Waals surface area contributed by atoms with Crippen LogP contribution >= 0.6 is 0 Å². The van der Waals surface area contributed by atoms with Gasteiger partial charge in [0.1, 0.15) is 11.5 Å². The van der Waals surface area contributed by atoms with Crippen LogP contribution in [0.15, 0.2) is 96.2 Å². The number of pyridine rings is 3. The molecule has 0 saturated carbocycles. The predicted octanol–water partition coefficient (Wildman–Crippen LogP) is 4.83. The molecule has 0 aliphatic rings. The Hall–Kier alpha value is -5.18. The first-order valence-electron chi connectivity index (χ1n) is 12.0. The Kier molecular flexibility index (Phi) is 6.99. The molecule has 9 heteroatoms. The third-order valence-corrected chi connectivity index (χ3v) is 5.86. The lowest BCUT2D eigenvalue weighted by atomic mass is 10.1. The van der Waals surface area contributed by atoms with Crippen LogP contribution in [-0.4, -0.2) is 30.8 Å². The summed E-state index contributed by atoms with van der Waals surface area (Å²) in [5, 5.41) is 6.08. The fourth-order valence-electron chi connectivity index (χ4n) is 3.89. The Balaban J connectivity index is 1.26. The lowest BCUT2D eigenvalue weighted by Gasteiger charge is -2.14. The highest BCUT2D eigenvalue weighted by atomic mass is 16.2. The van der Waals surface area contributed by atoms with E-state index in [1.165, 1.54) is 6.07 Å². The number of anilines is 2. The maximum Gasteiger partial charge on any atom is 0.270 e. The first-order chi connectivity index (χ1) is 18.4. The van der Waals surface area contributed by atoms with E-state index in [4.69, 9.17) is 0 Å². The number of rotatable bonds is 7. The maximum atomic E-state index is 12.8. The smallest absolute Gasteiger partial charge is 0.270 e. The summed E-state index contributed by atoms with van der Waals surface area (Å²) in [6.07, 6.45) is 4.90. The Morgan fingerprint density at radius 2 is 1.74 bits per heavy atom. The van der Waals surface area contributed by atoms with Gasteiger partial charge in [0.05, 0.1) is 11.7 Å². The fourth-order valence-corrected chi connectivity index (χ4v) is 3.89. The molecule has 0 bridgehead atoms. The number of aryl methyl sites for hydroxylation is 1. The van der Waals surface area contributed by atoms with Gasteiger partial charge >= 0.3 is 0 Å². The van der Waals surface area contributed by atoms with Gasteiger partial charge in [-0.1, -0.05) is 36.4 Å². The molecular weight excluding hydrogens is 478 g/mol. The zero-order valence-corrected chi connectivity index (χ0v) is 20.8. The molecule has 1 aromatic carbocycles. The van der Waals surface area contributed by atoms with Gasteiger partial charge < -0.3 is 15.6 Å². The average molecular weight is 504 g/mol. The minimum atomic E-state index is -0.294. The average Bonchev–Trinajstić information content (AvgIpc) is 2.93. The summed E-state index contributed by atoms with van der Waals surface area (Å²) >= 11 is 0. The van der Waals surface area contributed by atoms with E-state index in [2.05, 4.69) is 35.6 Å². The molecular formula is C29H25N7O2. The van der Waals surface area contributed by atoms with Gasteiger partial charge in [0.25, 0.3) is 5.91 Å². The van der Waals surface area contributed by atoms with Crippen LogP contribution in [0.3, 0.4) is 0 Å². The minimum Gasteiger partial charge on any atom is -0.344 e. The summed E-state index contributed by atoms with van der Waals surface area (Å²) < 4.78 is 0. The number of nitrogens with zero attached hydrogens (tertiary/aromatic N) is 4. The molecule has 0 spiro atoms. The molecule has 4 heterocycles. The highest BCUT2D eigenvalue weighted by Crippen LogP contribution is 2.21. The molecule has 9 nitrogen and oxygen atoms in total. The molecule has 5 aromatic rings. The van der Waals surface area contributed by atoms with Gasteiger partial charge in [0.2, 0.25) is 5.56 Å². The van der Waals surface area contributed by atoms with Gasteiger partial charge in [-0.15, -0.1) is 0 Å². The van der Waals surface area contributed by atoms with Crippen molar-refractivity contribution in [1.29, 1.82) is 0 Å². The summed E-state index contributed by atoms with van der Waals surface area (Å²) in [4.78, 5) is 44.9. The molecule has 5 rings (SSSR count). The lowest BCUT2D eigenvalue weighted by molar-refractivity contribution is 0.0935. The number of amides is 1. The number of carbonyl (C=O) groups is 1. The number of hydrogen-bond acceptors (Lipinski definition) is 7. The van der Waals surface area contributed by atoms with Crippen LogP contribution in [0.4, 0.5) is 11.5 Å². The Labute approximate surface area is 219 Å². The van der Waals surface area contributed by atoms with Crippen molar-refractivity contribution in [1.82, 2.24) is 30.2 Å². The molecule has 3 N–H and O–H groups in total. The number of H-pyrrole nitrogens is 1. The van der Waals surface area contributed by atoms with Crippen LogP contribution in [0.2, 0.25) is 0 Å². The van der Waals surface area contributed by atoms with Crippen molar-refractivity contribution >= 4 is 17.4 Å². The van der Waals surface area contributed by atoms with Crippen molar-refractivity contribution in [3.05, 3.63) is 119 Å². The number of aromatic amines is 1. The normalized spacial score (nSPS) is 11.5. The SMILES string of the molecule is Cc1cc(Nc2cc[nH]c(=O)c2)nc(-c2ccc(C(=O)NC(C)c3ccc(-c4ccccc4)nc3)nc2)n1. The topological polar surface area (TPSA) is 126 Å². The largest absolute Gasteiger partial charge is 0.344 e. The standard InChI is InChI=1S/C29H25N7O2/c1-18-14-26(35-23-12-13-30-27(37)15-23)36-28(33-18)22-9-11-25(32-17-22)29(38)34-19(2)21-8-10-24(31-16-21)20-6-4-3-5-7-20/h3-17,19H,1-2H3,(H,34,38)(H2,30,33,35,36,37). The molecule has 0 radical (unpaired) electrons. The van der Waals surface area contributed by atoms with Gasteiger partial charge in [-0.25, -0.2) is 9.97 Å². The molecule has 4 aromatic heterocycles. The number of hydrogen-bond donors (Lipinski definition) is 3. The second kappa shape index (κ2) is 10.8. The lowest BCUT2D eigenvalue weighted by Crippen LogP contribution is -2.27. The van der Waals surface area contributed by atoms with Crippen molar-refractivity contribution in [2.24, 2.45) is 0 Å². The molecule has 1 unspecified atom stereocenters. The highest BCUT2D eigenvalue weighted by Gasteiger charge is 2.14. The molecule has 0 aliphatic carbocycles. The zero-order valence-electron chi connectivity index (χ0n) is 20.8. The first-order valence-corrected chi connectivity index (χ1v) is 12.0. The number of benzene rings is 1. The number of carbonyl (C=O) groups excluding carboxylic acids is 1. The molecule has 0 saturated heterocycles. The monoisotopic (exact) mass is 503 g/mol. The Morgan fingerprint density at radius 3 is 2.45 bits per heavy atom. The molecule has 188 valence electrons. The summed E-state index contributed by atoms with van der Waals surface area (Å²) in [6, 6.07) is 21.9.